The fourth-order valence-electron chi connectivity index (χ4n) is 3.05. The van der Waals surface area contributed by atoms with Crippen LogP contribution in [0.2, 0.25) is 0 Å². The Hall–Kier alpha value is -3.41. The molecule has 150 valence electrons. The van der Waals surface area contributed by atoms with Crippen molar-refractivity contribution in [3.05, 3.63) is 71.4 Å². The van der Waals surface area contributed by atoms with Crippen molar-refractivity contribution in [2.75, 3.05) is 0 Å². The number of aryl methyl sites for hydroxylation is 1. The Balaban J connectivity index is 1.86. The van der Waals surface area contributed by atoms with Crippen LogP contribution in [0.15, 0.2) is 59.7 Å². The quantitative estimate of drug-likeness (QED) is 0.516. The average Bonchev–Trinajstić information content (AvgIpc) is 3.00. The van der Waals surface area contributed by atoms with Crippen LogP contribution in [-0.4, -0.2) is 26.5 Å². The van der Waals surface area contributed by atoms with Gasteiger partial charge >= 0.3 is 0 Å². The highest BCUT2D eigenvalue weighted by Gasteiger charge is 2.20. The molecule has 1 aromatic heterocycles. The zero-order chi connectivity index (χ0) is 21.2. The van der Waals surface area contributed by atoms with Crippen molar-refractivity contribution in [3.8, 4) is 17.0 Å². The van der Waals surface area contributed by atoms with Gasteiger partial charge in [0.1, 0.15) is 5.69 Å². The molecule has 0 fully saturated rings. The second-order valence-electron chi connectivity index (χ2n) is 8.00. The number of rotatable bonds is 4. The van der Waals surface area contributed by atoms with Gasteiger partial charge in [-0.05, 0) is 30.0 Å². The Morgan fingerprint density at radius 3 is 2.28 bits per heavy atom. The maximum Gasteiger partial charge on any atom is 0.271 e. The lowest BCUT2D eigenvalue weighted by atomic mass is 9.86. The number of benzene rings is 2. The second kappa shape index (κ2) is 7.91. The molecule has 0 unspecified atom stereocenters. The first-order valence-corrected chi connectivity index (χ1v) is 9.45. The van der Waals surface area contributed by atoms with E-state index in [9.17, 15) is 9.90 Å². The van der Waals surface area contributed by atoms with Crippen molar-refractivity contribution >= 4 is 11.6 Å². The minimum atomic E-state index is -0.321. The molecule has 0 aliphatic carbocycles. The topological polar surface area (TPSA) is 79.5 Å². The van der Waals surface area contributed by atoms with Gasteiger partial charge in [0.2, 0.25) is 0 Å². The van der Waals surface area contributed by atoms with Gasteiger partial charge in [0.05, 0.1) is 5.71 Å². The third kappa shape index (κ3) is 4.37. The summed E-state index contributed by atoms with van der Waals surface area (Å²) in [7, 11) is 1.77. The Labute approximate surface area is 170 Å². The molecule has 0 saturated heterocycles. The normalized spacial score (nSPS) is 12.1. The molecule has 0 atom stereocenters. The number of hydrogen-bond acceptors (Lipinski definition) is 4. The highest BCUT2D eigenvalue weighted by atomic mass is 16.3. The number of nitrogens with zero attached hydrogens (tertiary/aromatic N) is 3. The Bertz CT molecular complexity index is 1040. The third-order valence-corrected chi connectivity index (χ3v) is 4.75. The summed E-state index contributed by atoms with van der Waals surface area (Å²) < 4.78 is 1.62. The van der Waals surface area contributed by atoms with Crippen molar-refractivity contribution in [1.29, 1.82) is 0 Å². The van der Waals surface area contributed by atoms with Crippen molar-refractivity contribution in [2.45, 2.75) is 33.1 Å². The number of amides is 1. The zero-order valence-corrected chi connectivity index (χ0v) is 17.4. The maximum absolute atomic E-state index is 12.2. The predicted molar refractivity (Wildman–Crippen MR) is 115 cm³/mol. The molecule has 1 heterocycles. The van der Waals surface area contributed by atoms with Gasteiger partial charge in [0, 0.05) is 18.2 Å². The van der Waals surface area contributed by atoms with Gasteiger partial charge in [0.25, 0.3) is 5.91 Å². The minimum Gasteiger partial charge on any atom is -0.504 e. The van der Waals surface area contributed by atoms with E-state index in [1.807, 2.05) is 18.2 Å². The molecule has 0 aliphatic heterocycles. The van der Waals surface area contributed by atoms with E-state index in [4.69, 9.17) is 0 Å². The van der Waals surface area contributed by atoms with E-state index in [2.05, 4.69) is 48.5 Å². The lowest BCUT2D eigenvalue weighted by molar-refractivity contribution is 0.0955. The fraction of sp³-hybridized carbons (Fsp3) is 0.261. The molecule has 0 radical (unpaired) electrons. The summed E-state index contributed by atoms with van der Waals surface area (Å²) in [5.74, 6) is -0.287. The number of hydrazone groups is 1. The summed E-state index contributed by atoms with van der Waals surface area (Å²) in [6.07, 6.45) is 0. The summed E-state index contributed by atoms with van der Waals surface area (Å²) in [6.45, 7) is 8.17. The van der Waals surface area contributed by atoms with Crippen molar-refractivity contribution < 1.29 is 9.90 Å². The average molecular weight is 390 g/mol. The third-order valence-electron chi connectivity index (χ3n) is 4.75. The first-order valence-electron chi connectivity index (χ1n) is 9.45. The van der Waals surface area contributed by atoms with Crippen LogP contribution >= 0.6 is 0 Å². The molecule has 6 heteroatoms. The van der Waals surface area contributed by atoms with E-state index in [0.29, 0.717) is 22.7 Å². The van der Waals surface area contributed by atoms with Crippen LogP contribution < -0.4 is 5.43 Å². The Morgan fingerprint density at radius 2 is 1.69 bits per heavy atom. The number of hydrogen-bond donors (Lipinski definition) is 2. The molecular formula is C23H26N4O2. The van der Waals surface area contributed by atoms with Gasteiger partial charge < -0.3 is 5.11 Å². The number of aromatic nitrogens is 2. The van der Waals surface area contributed by atoms with Crippen molar-refractivity contribution in [2.24, 2.45) is 12.1 Å². The summed E-state index contributed by atoms with van der Waals surface area (Å²) in [5, 5.41) is 19.3. The molecule has 2 aromatic carbocycles. The van der Waals surface area contributed by atoms with Crippen LogP contribution in [0, 0.1) is 0 Å². The molecule has 0 spiro atoms. The molecule has 0 bridgehead atoms. The standard InChI is InChI=1S/C23H26N4O2/c1-15(24-25-22(29)17-9-7-6-8-10-17)19-21(28)20(27(5)26-19)16-11-13-18(14-12-16)23(2,3)4/h6-14,28H,1-5H3,(H,25,29)/b24-15+. The molecule has 1 amide bonds. The number of nitrogens with one attached hydrogen (secondary N) is 1. The SMILES string of the molecule is C/C(=N\NC(=O)c1ccccc1)c1nn(C)c(-c2ccc(C(C)(C)C)cc2)c1O. The van der Waals surface area contributed by atoms with Gasteiger partial charge in [-0.15, -0.1) is 0 Å². The highest BCUT2D eigenvalue weighted by Crippen LogP contribution is 2.33. The molecule has 0 saturated carbocycles. The fourth-order valence-corrected chi connectivity index (χ4v) is 3.05. The lowest BCUT2D eigenvalue weighted by Crippen LogP contribution is -2.19. The molecule has 2 N–H and O–H groups in total. The number of carbonyl (C=O) groups excluding carboxylic acids is 1. The first kappa shape index (κ1) is 20.3. The van der Waals surface area contributed by atoms with Crippen LogP contribution in [0.1, 0.15) is 49.3 Å². The highest BCUT2D eigenvalue weighted by molar-refractivity contribution is 6.02. The Kier molecular flexibility index (Phi) is 5.55. The maximum atomic E-state index is 12.2. The van der Waals surface area contributed by atoms with E-state index in [1.165, 1.54) is 5.56 Å². The van der Waals surface area contributed by atoms with Gasteiger partial charge in [-0.2, -0.15) is 10.2 Å². The van der Waals surface area contributed by atoms with Crippen molar-refractivity contribution in [1.82, 2.24) is 15.2 Å². The van der Waals surface area contributed by atoms with Crippen molar-refractivity contribution in [3.63, 3.8) is 0 Å². The molecule has 29 heavy (non-hydrogen) atoms. The van der Waals surface area contributed by atoms with E-state index in [0.717, 1.165) is 5.56 Å². The lowest BCUT2D eigenvalue weighted by Gasteiger charge is -2.19. The summed E-state index contributed by atoms with van der Waals surface area (Å²) in [4.78, 5) is 12.2. The number of aromatic hydroxyl groups is 1. The molecule has 6 nitrogen and oxygen atoms in total. The van der Waals surface area contributed by atoms with Crippen LogP contribution in [0.25, 0.3) is 11.3 Å². The largest absolute Gasteiger partial charge is 0.504 e. The smallest absolute Gasteiger partial charge is 0.271 e. The van der Waals surface area contributed by atoms with Crippen LogP contribution in [0.5, 0.6) is 5.75 Å². The van der Waals surface area contributed by atoms with Crippen LogP contribution in [0.3, 0.4) is 0 Å². The molecule has 0 aliphatic rings. The van der Waals surface area contributed by atoms with Gasteiger partial charge in [-0.25, -0.2) is 5.43 Å². The van der Waals surface area contributed by atoms with E-state index >= 15 is 0 Å². The minimum absolute atomic E-state index is 0.0335. The summed E-state index contributed by atoms with van der Waals surface area (Å²) in [6, 6.07) is 16.9. The first-order chi connectivity index (χ1) is 13.7. The monoisotopic (exact) mass is 390 g/mol. The van der Waals surface area contributed by atoms with Crippen LogP contribution in [0.4, 0.5) is 0 Å². The zero-order valence-electron chi connectivity index (χ0n) is 17.4. The van der Waals surface area contributed by atoms with E-state index < -0.39 is 0 Å². The van der Waals surface area contributed by atoms with Gasteiger partial charge in [-0.1, -0.05) is 63.2 Å². The van der Waals surface area contributed by atoms with Gasteiger partial charge in [-0.3, -0.25) is 9.48 Å². The molecular weight excluding hydrogens is 364 g/mol. The summed E-state index contributed by atoms with van der Waals surface area (Å²) in [5.41, 5.74) is 6.49. The Morgan fingerprint density at radius 1 is 1.07 bits per heavy atom. The molecule has 3 rings (SSSR count). The summed E-state index contributed by atoms with van der Waals surface area (Å²) >= 11 is 0. The molecule has 3 aromatic rings. The predicted octanol–water partition coefficient (Wildman–Crippen LogP) is 4.24. The van der Waals surface area contributed by atoms with Crippen LogP contribution in [-0.2, 0) is 12.5 Å². The van der Waals surface area contributed by atoms with E-state index in [-0.39, 0.29) is 17.1 Å². The van der Waals surface area contributed by atoms with Gasteiger partial charge in [0.15, 0.2) is 11.4 Å². The number of carbonyl (C=O) groups is 1. The second-order valence-corrected chi connectivity index (χ2v) is 8.00. The van der Waals surface area contributed by atoms with E-state index in [1.54, 1.807) is 42.9 Å².